The van der Waals surface area contributed by atoms with E-state index >= 15 is 0 Å². The van der Waals surface area contributed by atoms with Gasteiger partial charge in [-0.15, -0.1) is 0 Å². The molecule has 6 heteroatoms. The molecule has 4 nitrogen and oxygen atoms in total. The van der Waals surface area contributed by atoms with Crippen LogP contribution in [0.4, 0.5) is 4.39 Å². The molecule has 3 rings (SSSR count). The van der Waals surface area contributed by atoms with Crippen LogP contribution in [0.3, 0.4) is 0 Å². The maximum Gasteiger partial charge on any atom is 0.307 e. The lowest BCUT2D eigenvalue weighted by Crippen LogP contribution is -2.05. The van der Waals surface area contributed by atoms with Crippen molar-refractivity contribution in [3.63, 3.8) is 0 Å². The number of carbonyl (C=O) groups is 1. The molecule has 1 N–H and O–H groups in total. The molecule has 0 spiro atoms. The van der Waals surface area contributed by atoms with Crippen LogP contribution in [0, 0.1) is 5.82 Å². The van der Waals surface area contributed by atoms with Gasteiger partial charge in [-0.1, -0.05) is 36.4 Å². The van der Waals surface area contributed by atoms with Crippen LogP contribution in [0.25, 0.3) is 11.1 Å². The van der Waals surface area contributed by atoms with E-state index in [2.05, 4.69) is 0 Å². The molecule has 3 aromatic carbocycles. The van der Waals surface area contributed by atoms with E-state index < -0.39 is 15.8 Å². The quantitative estimate of drug-likeness (QED) is 0.738. The lowest BCUT2D eigenvalue weighted by Gasteiger charge is -2.09. The highest BCUT2D eigenvalue weighted by atomic mass is 32.2. The molecule has 0 heterocycles. The molecule has 3 aromatic rings. The van der Waals surface area contributed by atoms with Crippen LogP contribution in [0.15, 0.2) is 82.6 Å². The lowest BCUT2D eigenvalue weighted by molar-refractivity contribution is -0.136. The fraction of sp³-hybridized carbons (Fsp3) is 0.0500. The van der Waals surface area contributed by atoms with Crippen molar-refractivity contribution >= 4 is 15.8 Å². The van der Waals surface area contributed by atoms with E-state index in [1.54, 1.807) is 30.3 Å². The van der Waals surface area contributed by atoms with E-state index in [9.17, 15) is 17.6 Å². The first-order valence-corrected chi connectivity index (χ1v) is 9.26. The maximum absolute atomic E-state index is 13.1. The van der Waals surface area contributed by atoms with Crippen molar-refractivity contribution in [2.24, 2.45) is 0 Å². The lowest BCUT2D eigenvalue weighted by atomic mass is 10.1. The summed E-state index contributed by atoms with van der Waals surface area (Å²) in [4.78, 5) is 11.0. The molecule has 0 aliphatic rings. The summed E-state index contributed by atoms with van der Waals surface area (Å²) in [5, 5.41) is 8.88. The molecule has 0 amide bonds. The number of hydrogen-bond acceptors (Lipinski definition) is 3. The van der Waals surface area contributed by atoms with Crippen LogP contribution >= 0.6 is 0 Å². The van der Waals surface area contributed by atoms with Crippen molar-refractivity contribution < 1.29 is 22.7 Å². The van der Waals surface area contributed by atoms with Crippen molar-refractivity contribution in [2.45, 2.75) is 16.2 Å². The second kappa shape index (κ2) is 7.09. The number of aliphatic carboxylic acids is 1. The van der Waals surface area contributed by atoms with Gasteiger partial charge in [-0.05, 0) is 53.1 Å². The van der Waals surface area contributed by atoms with Crippen LogP contribution < -0.4 is 0 Å². The number of sulfone groups is 1. The third-order valence-electron chi connectivity index (χ3n) is 3.89. The van der Waals surface area contributed by atoms with Gasteiger partial charge in [0, 0.05) is 0 Å². The molecule has 26 heavy (non-hydrogen) atoms. The van der Waals surface area contributed by atoms with Gasteiger partial charge in [0.25, 0.3) is 0 Å². The van der Waals surface area contributed by atoms with Gasteiger partial charge in [-0.25, -0.2) is 12.8 Å². The maximum atomic E-state index is 13.1. The Hall–Kier alpha value is -2.99. The zero-order valence-corrected chi connectivity index (χ0v) is 14.4. The summed E-state index contributed by atoms with van der Waals surface area (Å²) in [7, 11) is -3.80. The molecular weight excluding hydrogens is 355 g/mol. The second-order valence-electron chi connectivity index (χ2n) is 5.76. The summed E-state index contributed by atoms with van der Waals surface area (Å²) in [5.41, 5.74) is 1.75. The SMILES string of the molecule is O=C(O)Cc1cccc(S(=O)(=O)c2cccc(-c3ccc(F)cc3)c2)c1. The highest BCUT2D eigenvalue weighted by Gasteiger charge is 2.19. The first kappa shape index (κ1) is 17.8. The molecule has 0 aromatic heterocycles. The molecule has 0 aliphatic carbocycles. The molecule has 0 fully saturated rings. The van der Waals surface area contributed by atoms with E-state index in [0.717, 1.165) is 0 Å². The monoisotopic (exact) mass is 370 g/mol. The standard InChI is InChI=1S/C20H15FO4S/c21-17-9-7-15(8-10-17)16-4-2-6-19(13-16)26(24,25)18-5-1-3-14(11-18)12-20(22)23/h1-11,13H,12H2,(H,22,23). The molecule has 0 bridgehead atoms. The summed E-state index contributed by atoms with van der Waals surface area (Å²) in [6, 6.07) is 18.0. The Labute approximate surface area is 150 Å². The second-order valence-corrected chi connectivity index (χ2v) is 7.71. The number of rotatable bonds is 5. The van der Waals surface area contributed by atoms with Crippen LogP contribution in [-0.4, -0.2) is 19.5 Å². The Morgan fingerprint density at radius 2 is 1.46 bits per heavy atom. The Morgan fingerprint density at radius 3 is 2.12 bits per heavy atom. The van der Waals surface area contributed by atoms with Gasteiger partial charge >= 0.3 is 5.97 Å². The first-order valence-electron chi connectivity index (χ1n) is 7.78. The van der Waals surface area contributed by atoms with E-state index in [1.807, 2.05) is 0 Å². The van der Waals surface area contributed by atoms with Gasteiger partial charge in [0.05, 0.1) is 16.2 Å². The number of benzene rings is 3. The zero-order valence-electron chi connectivity index (χ0n) is 13.6. The molecular formula is C20H15FO4S. The number of hydrogen-bond donors (Lipinski definition) is 1. The summed E-state index contributed by atoms with van der Waals surface area (Å²) >= 11 is 0. The summed E-state index contributed by atoms with van der Waals surface area (Å²) in [5.74, 6) is -1.40. The summed E-state index contributed by atoms with van der Waals surface area (Å²) < 4.78 is 38.9. The average Bonchev–Trinajstić information content (AvgIpc) is 2.62. The molecule has 0 atom stereocenters. The average molecular weight is 370 g/mol. The van der Waals surface area contributed by atoms with Crippen molar-refractivity contribution in [1.29, 1.82) is 0 Å². The predicted octanol–water partition coefficient (Wildman–Crippen LogP) is 3.95. The molecule has 0 aliphatic heterocycles. The Morgan fingerprint density at radius 1 is 0.846 bits per heavy atom. The Balaban J connectivity index is 2.01. The normalized spacial score (nSPS) is 11.3. The highest BCUT2D eigenvalue weighted by Crippen LogP contribution is 2.27. The van der Waals surface area contributed by atoms with Crippen molar-refractivity contribution in [1.82, 2.24) is 0 Å². The fourth-order valence-electron chi connectivity index (χ4n) is 2.62. The zero-order chi connectivity index (χ0) is 18.7. The van der Waals surface area contributed by atoms with E-state index in [-0.39, 0.29) is 22.0 Å². The van der Waals surface area contributed by atoms with E-state index in [0.29, 0.717) is 16.7 Å². The topological polar surface area (TPSA) is 71.4 Å². The van der Waals surface area contributed by atoms with Crippen LogP contribution in [0.5, 0.6) is 0 Å². The van der Waals surface area contributed by atoms with Gasteiger partial charge in [0.15, 0.2) is 0 Å². The summed E-state index contributed by atoms with van der Waals surface area (Å²) in [6.45, 7) is 0. The van der Waals surface area contributed by atoms with Crippen molar-refractivity contribution in [2.75, 3.05) is 0 Å². The smallest absolute Gasteiger partial charge is 0.307 e. The summed E-state index contributed by atoms with van der Waals surface area (Å²) in [6.07, 6.45) is -0.251. The van der Waals surface area contributed by atoms with Crippen LogP contribution in [0.2, 0.25) is 0 Å². The largest absolute Gasteiger partial charge is 0.481 e. The molecule has 132 valence electrons. The molecule has 0 unspecified atom stereocenters. The molecule has 0 saturated carbocycles. The van der Waals surface area contributed by atoms with Gasteiger partial charge < -0.3 is 5.11 Å². The molecule has 0 saturated heterocycles. The Kier molecular flexibility index (Phi) is 4.86. The van der Waals surface area contributed by atoms with Gasteiger partial charge in [-0.2, -0.15) is 0 Å². The first-order chi connectivity index (χ1) is 12.4. The van der Waals surface area contributed by atoms with Gasteiger partial charge in [0.1, 0.15) is 5.82 Å². The fourth-order valence-corrected chi connectivity index (χ4v) is 3.99. The van der Waals surface area contributed by atoms with Gasteiger partial charge in [-0.3, -0.25) is 4.79 Å². The molecule has 0 radical (unpaired) electrons. The third-order valence-corrected chi connectivity index (χ3v) is 5.64. The van der Waals surface area contributed by atoms with E-state index in [4.69, 9.17) is 5.11 Å². The van der Waals surface area contributed by atoms with Crippen LogP contribution in [0.1, 0.15) is 5.56 Å². The van der Waals surface area contributed by atoms with E-state index in [1.165, 1.54) is 42.5 Å². The number of carboxylic acid groups (broad SMARTS) is 1. The predicted molar refractivity (Wildman–Crippen MR) is 95.1 cm³/mol. The van der Waals surface area contributed by atoms with Crippen molar-refractivity contribution in [3.8, 4) is 11.1 Å². The minimum atomic E-state index is -3.80. The minimum Gasteiger partial charge on any atom is -0.481 e. The number of halogens is 1. The van der Waals surface area contributed by atoms with Crippen LogP contribution in [-0.2, 0) is 21.1 Å². The van der Waals surface area contributed by atoms with Gasteiger partial charge in [0.2, 0.25) is 9.84 Å². The highest BCUT2D eigenvalue weighted by molar-refractivity contribution is 7.91. The minimum absolute atomic E-state index is 0.0347. The third kappa shape index (κ3) is 3.81. The Bertz CT molecular complexity index is 1060. The number of carboxylic acids is 1. The van der Waals surface area contributed by atoms with Crippen molar-refractivity contribution in [3.05, 3.63) is 84.2 Å².